The number of piperidine rings is 1. The predicted octanol–water partition coefficient (Wildman–Crippen LogP) is 1.39. The zero-order chi connectivity index (χ0) is 16.2. The third-order valence-electron chi connectivity index (χ3n) is 3.72. The van der Waals surface area contributed by atoms with Crippen LogP contribution in [0.25, 0.3) is 0 Å². The Morgan fingerprint density at radius 3 is 2.43 bits per heavy atom. The summed E-state index contributed by atoms with van der Waals surface area (Å²) in [5, 5.41) is 11.7. The van der Waals surface area contributed by atoms with E-state index in [1.807, 2.05) is 0 Å². The van der Waals surface area contributed by atoms with Crippen LogP contribution in [0.3, 0.4) is 0 Å². The lowest BCUT2D eigenvalue weighted by Gasteiger charge is -2.37. The number of rotatable bonds is 4. The Morgan fingerprint density at radius 1 is 1.29 bits per heavy atom. The van der Waals surface area contributed by atoms with Crippen molar-refractivity contribution in [3.8, 4) is 0 Å². The van der Waals surface area contributed by atoms with E-state index in [9.17, 15) is 14.4 Å². The van der Waals surface area contributed by atoms with E-state index in [-0.39, 0.29) is 24.3 Å². The minimum absolute atomic E-state index is 0.0360. The van der Waals surface area contributed by atoms with E-state index in [1.54, 1.807) is 32.6 Å². The quantitative estimate of drug-likeness (QED) is 0.821. The van der Waals surface area contributed by atoms with Gasteiger partial charge in [0.1, 0.15) is 6.04 Å². The largest absolute Gasteiger partial charge is 0.481 e. The molecule has 0 aromatic carbocycles. The van der Waals surface area contributed by atoms with Crippen molar-refractivity contribution in [1.29, 1.82) is 0 Å². The standard InChI is InChI=1S/C15H26N2O4/c1-10(16-14(21)15(2,3)4)13(20)17-8-6-5-7-11(17)9-12(18)19/h10-11H,5-9H2,1-4H3,(H,16,21)(H,18,19). The Balaban J connectivity index is 2.70. The van der Waals surface area contributed by atoms with Gasteiger partial charge in [-0.15, -0.1) is 0 Å². The molecule has 1 aliphatic heterocycles. The summed E-state index contributed by atoms with van der Waals surface area (Å²) in [6.45, 7) is 7.57. The maximum Gasteiger partial charge on any atom is 0.305 e. The van der Waals surface area contributed by atoms with Gasteiger partial charge in [0.15, 0.2) is 0 Å². The van der Waals surface area contributed by atoms with Crippen LogP contribution < -0.4 is 5.32 Å². The summed E-state index contributed by atoms with van der Waals surface area (Å²) in [5.74, 6) is -1.28. The lowest BCUT2D eigenvalue weighted by molar-refractivity contribution is -0.144. The van der Waals surface area contributed by atoms with Gasteiger partial charge in [0.25, 0.3) is 0 Å². The van der Waals surface area contributed by atoms with E-state index >= 15 is 0 Å². The Kier molecular flexibility index (Phi) is 5.75. The van der Waals surface area contributed by atoms with Crippen molar-refractivity contribution in [2.75, 3.05) is 6.54 Å². The SMILES string of the molecule is CC(NC(=O)C(C)(C)C)C(=O)N1CCCCC1CC(=O)O. The molecule has 2 amide bonds. The number of hydrogen-bond acceptors (Lipinski definition) is 3. The Labute approximate surface area is 125 Å². The van der Waals surface area contributed by atoms with Crippen molar-refractivity contribution >= 4 is 17.8 Å². The molecule has 0 aromatic rings. The number of likely N-dealkylation sites (tertiary alicyclic amines) is 1. The van der Waals surface area contributed by atoms with E-state index < -0.39 is 17.4 Å². The van der Waals surface area contributed by atoms with Crippen LogP contribution in [-0.2, 0) is 14.4 Å². The van der Waals surface area contributed by atoms with Crippen molar-refractivity contribution in [1.82, 2.24) is 10.2 Å². The summed E-state index contributed by atoms with van der Waals surface area (Å²) in [6, 6.07) is -0.899. The van der Waals surface area contributed by atoms with Crippen LogP contribution in [0.15, 0.2) is 0 Å². The first-order valence-electron chi connectivity index (χ1n) is 7.46. The van der Waals surface area contributed by atoms with Crippen LogP contribution in [0.1, 0.15) is 53.4 Å². The molecule has 0 aromatic heterocycles. The lowest BCUT2D eigenvalue weighted by Crippen LogP contribution is -2.54. The average molecular weight is 298 g/mol. The van der Waals surface area contributed by atoms with E-state index in [4.69, 9.17) is 5.11 Å². The van der Waals surface area contributed by atoms with Crippen molar-refractivity contribution in [2.24, 2.45) is 5.41 Å². The number of carbonyl (C=O) groups is 3. The third kappa shape index (κ3) is 5.02. The van der Waals surface area contributed by atoms with Gasteiger partial charge in [0, 0.05) is 18.0 Å². The molecule has 0 radical (unpaired) electrons. The molecule has 2 unspecified atom stereocenters. The van der Waals surface area contributed by atoms with Gasteiger partial charge in [-0.05, 0) is 26.2 Å². The molecule has 0 saturated carbocycles. The van der Waals surface area contributed by atoms with E-state index in [2.05, 4.69) is 5.32 Å². The third-order valence-corrected chi connectivity index (χ3v) is 3.72. The number of carboxylic acid groups (broad SMARTS) is 1. The second kappa shape index (κ2) is 6.91. The zero-order valence-electron chi connectivity index (χ0n) is 13.3. The maximum atomic E-state index is 12.5. The van der Waals surface area contributed by atoms with Crippen molar-refractivity contribution < 1.29 is 19.5 Å². The van der Waals surface area contributed by atoms with Crippen LogP contribution in [0, 0.1) is 5.41 Å². The highest BCUT2D eigenvalue weighted by molar-refractivity contribution is 5.89. The van der Waals surface area contributed by atoms with Gasteiger partial charge in [0.05, 0.1) is 6.42 Å². The molecular formula is C15H26N2O4. The summed E-state index contributed by atoms with van der Waals surface area (Å²) >= 11 is 0. The van der Waals surface area contributed by atoms with E-state index in [0.717, 1.165) is 12.8 Å². The topological polar surface area (TPSA) is 86.7 Å². The number of amides is 2. The molecule has 2 N–H and O–H groups in total. The molecular weight excluding hydrogens is 272 g/mol. The van der Waals surface area contributed by atoms with Gasteiger partial charge < -0.3 is 15.3 Å². The number of carbonyl (C=O) groups excluding carboxylic acids is 2. The van der Waals surface area contributed by atoms with Gasteiger partial charge in [-0.1, -0.05) is 20.8 Å². The number of nitrogens with one attached hydrogen (secondary N) is 1. The minimum Gasteiger partial charge on any atom is -0.481 e. The molecule has 1 saturated heterocycles. The van der Waals surface area contributed by atoms with Crippen LogP contribution >= 0.6 is 0 Å². The first-order valence-corrected chi connectivity index (χ1v) is 7.46. The monoisotopic (exact) mass is 298 g/mol. The number of aliphatic carboxylic acids is 1. The molecule has 6 nitrogen and oxygen atoms in total. The number of nitrogens with zero attached hydrogens (tertiary/aromatic N) is 1. The summed E-state index contributed by atoms with van der Waals surface area (Å²) in [5.41, 5.74) is -0.559. The molecule has 0 bridgehead atoms. The highest BCUT2D eigenvalue weighted by atomic mass is 16.4. The minimum atomic E-state index is -0.897. The first-order chi connectivity index (χ1) is 9.62. The normalized spacial score (nSPS) is 20.8. The first kappa shape index (κ1) is 17.5. The van der Waals surface area contributed by atoms with Crippen molar-refractivity contribution in [2.45, 2.75) is 65.5 Å². The van der Waals surface area contributed by atoms with Crippen LogP contribution in [0.5, 0.6) is 0 Å². The second-order valence-electron chi connectivity index (χ2n) is 6.72. The molecule has 1 aliphatic rings. The molecule has 120 valence electrons. The average Bonchev–Trinajstić information content (AvgIpc) is 2.36. The molecule has 1 rings (SSSR count). The summed E-state index contributed by atoms with van der Waals surface area (Å²) in [4.78, 5) is 36.9. The van der Waals surface area contributed by atoms with Gasteiger partial charge in [0.2, 0.25) is 11.8 Å². The van der Waals surface area contributed by atoms with Crippen LogP contribution in [-0.4, -0.2) is 46.4 Å². The molecule has 6 heteroatoms. The molecule has 1 heterocycles. The number of hydrogen-bond donors (Lipinski definition) is 2. The lowest BCUT2D eigenvalue weighted by atomic mass is 9.95. The smallest absolute Gasteiger partial charge is 0.305 e. The van der Waals surface area contributed by atoms with Crippen LogP contribution in [0.4, 0.5) is 0 Å². The zero-order valence-corrected chi connectivity index (χ0v) is 13.3. The Morgan fingerprint density at radius 2 is 1.90 bits per heavy atom. The predicted molar refractivity (Wildman–Crippen MR) is 78.7 cm³/mol. The molecule has 2 atom stereocenters. The fourth-order valence-corrected chi connectivity index (χ4v) is 2.43. The highest BCUT2D eigenvalue weighted by Gasteiger charge is 2.33. The summed E-state index contributed by atoms with van der Waals surface area (Å²) in [7, 11) is 0. The fourth-order valence-electron chi connectivity index (χ4n) is 2.43. The number of carboxylic acids is 1. The van der Waals surface area contributed by atoms with Gasteiger partial charge in [-0.2, -0.15) is 0 Å². The summed E-state index contributed by atoms with van der Waals surface area (Å²) < 4.78 is 0. The Hall–Kier alpha value is -1.59. The highest BCUT2D eigenvalue weighted by Crippen LogP contribution is 2.21. The molecule has 1 fully saturated rings. The van der Waals surface area contributed by atoms with Crippen molar-refractivity contribution in [3.05, 3.63) is 0 Å². The molecule has 0 spiro atoms. The van der Waals surface area contributed by atoms with Crippen molar-refractivity contribution in [3.63, 3.8) is 0 Å². The van der Waals surface area contributed by atoms with E-state index in [0.29, 0.717) is 13.0 Å². The Bertz CT molecular complexity index is 414. The van der Waals surface area contributed by atoms with Gasteiger partial charge in [-0.3, -0.25) is 14.4 Å². The maximum absolute atomic E-state index is 12.5. The van der Waals surface area contributed by atoms with Crippen LogP contribution in [0.2, 0.25) is 0 Å². The van der Waals surface area contributed by atoms with Gasteiger partial charge in [-0.25, -0.2) is 0 Å². The summed E-state index contributed by atoms with van der Waals surface area (Å²) in [6.07, 6.45) is 2.48. The molecule has 21 heavy (non-hydrogen) atoms. The fraction of sp³-hybridized carbons (Fsp3) is 0.800. The second-order valence-corrected chi connectivity index (χ2v) is 6.72. The molecule has 0 aliphatic carbocycles. The van der Waals surface area contributed by atoms with Gasteiger partial charge >= 0.3 is 5.97 Å². The van der Waals surface area contributed by atoms with E-state index in [1.165, 1.54) is 0 Å².